The van der Waals surface area contributed by atoms with Crippen molar-refractivity contribution in [2.75, 3.05) is 0 Å². The molecule has 1 N–H and O–H groups in total. The van der Waals surface area contributed by atoms with E-state index >= 15 is 0 Å². The third-order valence-electron chi connectivity index (χ3n) is 4.13. The number of hydrogen-bond acceptors (Lipinski definition) is 4. The number of alkyl halides is 3. The number of rotatable bonds is 1. The molecule has 1 aliphatic heterocycles. The maximum absolute atomic E-state index is 13.5. The first-order chi connectivity index (χ1) is 10.4. The summed E-state index contributed by atoms with van der Waals surface area (Å²) in [5.74, 6) is -2.20. The molecule has 5 nitrogen and oxygen atoms in total. The molecule has 2 aliphatic rings. The van der Waals surface area contributed by atoms with Gasteiger partial charge in [-0.2, -0.15) is 23.3 Å². The smallest absolute Gasteiger partial charge is 0.362 e. The van der Waals surface area contributed by atoms with Crippen LogP contribution < -0.4 is 0 Å². The first-order valence-electron chi connectivity index (χ1n) is 6.97. The van der Waals surface area contributed by atoms with Gasteiger partial charge < -0.3 is 5.11 Å². The molecule has 0 unspecified atom stereocenters. The van der Waals surface area contributed by atoms with Crippen molar-refractivity contribution in [1.29, 1.82) is 0 Å². The van der Waals surface area contributed by atoms with Gasteiger partial charge in [0.15, 0.2) is 0 Å². The standard InChI is InChI=1S/C14H14F3N3O2/c15-14(16,17)13(22)10-5-1-2-6-11(10)19-20(13)12(21)9-4-3-7-18-8-9/h3-4,7-8,10,22H,1-2,5-6H2/t10-,13-/m0/s1. The van der Waals surface area contributed by atoms with Gasteiger partial charge >= 0.3 is 6.18 Å². The highest BCUT2D eigenvalue weighted by molar-refractivity contribution is 5.99. The monoisotopic (exact) mass is 313 g/mol. The highest BCUT2D eigenvalue weighted by Gasteiger charge is 2.68. The zero-order valence-electron chi connectivity index (χ0n) is 11.5. The molecule has 3 rings (SSSR count). The van der Waals surface area contributed by atoms with Crippen LogP contribution in [0.2, 0.25) is 0 Å². The van der Waals surface area contributed by atoms with E-state index in [0.717, 1.165) is 6.20 Å². The van der Waals surface area contributed by atoms with E-state index in [-0.39, 0.29) is 22.7 Å². The van der Waals surface area contributed by atoms with Crippen LogP contribution in [-0.4, -0.2) is 38.6 Å². The summed E-state index contributed by atoms with van der Waals surface area (Å²) < 4.78 is 40.5. The molecular weight excluding hydrogens is 299 g/mol. The van der Waals surface area contributed by atoms with Crippen molar-refractivity contribution in [3.8, 4) is 0 Å². The Balaban J connectivity index is 2.04. The predicted octanol–water partition coefficient (Wildman–Crippen LogP) is 2.33. The van der Waals surface area contributed by atoms with Crippen LogP contribution in [0.3, 0.4) is 0 Å². The lowest BCUT2D eigenvalue weighted by Gasteiger charge is -2.38. The first-order valence-corrected chi connectivity index (χ1v) is 6.97. The van der Waals surface area contributed by atoms with E-state index in [0.29, 0.717) is 19.3 Å². The lowest BCUT2D eigenvalue weighted by molar-refractivity contribution is -0.312. The average Bonchev–Trinajstić information content (AvgIpc) is 2.82. The van der Waals surface area contributed by atoms with Gasteiger partial charge in [0.05, 0.1) is 11.5 Å². The van der Waals surface area contributed by atoms with Crippen molar-refractivity contribution in [3.05, 3.63) is 30.1 Å². The summed E-state index contributed by atoms with van der Waals surface area (Å²) in [6.07, 6.45) is -0.636. The Kier molecular flexibility index (Phi) is 3.43. The Morgan fingerprint density at radius 1 is 1.41 bits per heavy atom. The van der Waals surface area contributed by atoms with E-state index in [9.17, 15) is 23.1 Å². The van der Waals surface area contributed by atoms with Gasteiger partial charge in [-0.15, -0.1) is 0 Å². The van der Waals surface area contributed by atoms with Gasteiger partial charge in [-0.25, -0.2) is 0 Å². The zero-order valence-corrected chi connectivity index (χ0v) is 11.5. The normalized spacial score (nSPS) is 28.3. The molecule has 0 radical (unpaired) electrons. The zero-order chi connectivity index (χ0) is 16.0. The molecule has 1 aliphatic carbocycles. The largest absolute Gasteiger partial charge is 0.439 e. The Morgan fingerprint density at radius 2 is 2.18 bits per heavy atom. The minimum atomic E-state index is -4.99. The molecule has 1 aromatic rings. The van der Waals surface area contributed by atoms with E-state index in [1.807, 2.05) is 0 Å². The van der Waals surface area contributed by atoms with Crippen molar-refractivity contribution < 1.29 is 23.1 Å². The number of aliphatic hydroxyl groups is 1. The number of fused-ring (bicyclic) bond motifs is 1. The van der Waals surface area contributed by atoms with Crippen LogP contribution in [0.25, 0.3) is 0 Å². The number of hydrogen-bond donors (Lipinski definition) is 1. The summed E-state index contributed by atoms with van der Waals surface area (Å²) in [5.41, 5.74) is -3.09. The van der Waals surface area contributed by atoms with Crippen LogP contribution in [0.4, 0.5) is 13.2 Å². The second kappa shape index (κ2) is 5.05. The van der Waals surface area contributed by atoms with E-state index in [1.165, 1.54) is 18.3 Å². The minimum Gasteiger partial charge on any atom is -0.362 e. The van der Waals surface area contributed by atoms with Gasteiger partial charge in [0.1, 0.15) is 0 Å². The summed E-state index contributed by atoms with van der Waals surface area (Å²) in [6, 6.07) is 2.78. The van der Waals surface area contributed by atoms with Crippen molar-refractivity contribution >= 4 is 11.6 Å². The molecule has 2 atom stereocenters. The van der Waals surface area contributed by atoms with Crippen molar-refractivity contribution in [1.82, 2.24) is 9.99 Å². The highest BCUT2D eigenvalue weighted by atomic mass is 19.4. The topological polar surface area (TPSA) is 65.8 Å². The molecule has 0 saturated heterocycles. The number of halogens is 3. The lowest BCUT2D eigenvalue weighted by atomic mass is 9.80. The van der Waals surface area contributed by atoms with E-state index in [1.54, 1.807) is 0 Å². The molecule has 1 fully saturated rings. The fourth-order valence-corrected chi connectivity index (χ4v) is 3.03. The lowest BCUT2D eigenvalue weighted by Crippen LogP contribution is -2.61. The molecule has 0 aromatic carbocycles. The second-order valence-corrected chi connectivity index (χ2v) is 5.47. The quantitative estimate of drug-likeness (QED) is 0.865. The third kappa shape index (κ3) is 2.09. The number of pyridine rings is 1. The molecule has 0 bridgehead atoms. The highest BCUT2D eigenvalue weighted by Crippen LogP contribution is 2.48. The summed E-state index contributed by atoms with van der Waals surface area (Å²) in [4.78, 5) is 16.1. The Labute approximate surface area is 124 Å². The number of carbonyl (C=O) groups is 1. The second-order valence-electron chi connectivity index (χ2n) is 5.47. The number of nitrogens with zero attached hydrogens (tertiary/aromatic N) is 3. The average molecular weight is 313 g/mol. The van der Waals surface area contributed by atoms with Gasteiger partial charge in [-0.05, 0) is 31.4 Å². The van der Waals surface area contributed by atoms with E-state index in [2.05, 4.69) is 10.1 Å². The fraction of sp³-hybridized carbons (Fsp3) is 0.500. The molecule has 0 spiro atoms. The fourth-order valence-electron chi connectivity index (χ4n) is 3.03. The Hall–Kier alpha value is -1.96. The summed E-state index contributed by atoms with van der Waals surface area (Å²) in [6.45, 7) is 0. The van der Waals surface area contributed by atoms with Gasteiger partial charge in [0.25, 0.3) is 11.6 Å². The van der Waals surface area contributed by atoms with Crippen LogP contribution >= 0.6 is 0 Å². The van der Waals surface area contributed by atoms with Crippen molar-refractivity contribution in [2.45, 2.75) is 37.6 Å². The van der Waals surface area contributed by atoms with Gasteiger partial charge in [-0.3, -0.25) is 9.78 Å². The molecule has 1 amide bonds. The molecule has 1 aromatic heterocycles. The first kappa shape index (κ1) is 15.0. The summed E-state index contributed by atoms with van der Waals surface area (Å²) in [5, 5.41) is 14.4. The Bertz CT molecular complexity index is 618. The van der Waals surface area contributed by atoms with E-state index in [4.69, 9.17) is 0 Å². The maximum atomic E-state index is 13.5. The van der Waals surface area contributed by atoms with Crippen LogP contribution in [0.5, 0.6) is 0 Å². The molecule has 1 saturated carbocycles. The van der Waals surface area contributed by atoms with Crippen LogP contribution in [0, 0.1) is 5.92 Å². The van der Waals surface area contributed by atoms with Gasteiger partial charge in [-0.1, -0.05) is 6.42 Å². The van der Waals surface area contributed by atoms with Crippen LogP contribution in [0.1, 0.15) is 36.0 Å². The van der Waals surface area contributed by atoms with Crippen molar-refractivity contribution in [2.24, 2.45) is 11.0 Å². The van der Waals surface area contributed by atoms with Gasteiger partial charge in [0.2, 0.25) is 0 Å². The predicted molar refractivity (Wildman–Crippen MR) is 70.8 cm³/mol. The summed E-state index contributed by atoms with van der Waals surface area (Å²) in [7, 11) is 0. The Morgan fingerprint density at radius 3 is 2.82 bits per heavy atom. The number of hydrazone groups is 1. The number of aromatic nitrogens is 1. The SMILES string of the molecule is O=C(c1cccnc1)N1N=C2CCCC[C@@H]2[C@]1(O)C(F)(F)F. The molecule has 118 valence electrons. The van der Waals surface area contributed by atoms with Crippen LogP contribution in [0.15, 0.2) is 29.6 Å². The molecular formula is C14H14F3N3O2. The van der Waals surface area contributed by atoms with Crippen molar-refractivity contribution in [3.63, 3.8) is 0 Å². The summed E-state index contributed by atoms with van der Waals surface area (Å²) >= 11 is 0. The third-order valence-corrected chi connectivity index (χ3v) is 4.13. The van der Waals surface area contributed by atoms with E-state index < -0.39 is 23.7 Å². The van der Waals surface area contributed by atoms with Crippen LogP contribution in [-0.2, 0) is 0 Å². The maximum Gasteiger partial charge on any atom is 0.439 e. The van der Waals surface area contributed by atoms with Gasteiger partial charge in [0, 0.05) is 18.1 Å². The molecule has 8 heteroatoms. The number of amides is 1. The number of carbonyl (C=O) groups excluding carboxylic acids is 1. The molecule has 2 heterocycles. The molecule has 22 heavy (non-hydrogen) atoms. The minimum absolute atomic E-state index is 0.0480.